The quantitative estimate of drug-likeness (QED) is 0.871. The molecule has 1 aliphatic rings. The number of quaternary nitrogens is 1. The fraction of sp³-hybridized carbons (Fsp3) is 0.412. The number of hydrogen-bond donors (Lipinski definition) is 1. The van der Waals surface area contributed by atoms with Crippen LogP contribution in [0.2, 0.25) is 10.0 Å². The van der Waals surface area contributed by atoms with E-state index in [9.17, 15) is 0 Å². The lowest BCUT2D eigenvalue weighted by Crippen LogP contribution is -2.88. The molecule has 112 valence electrons. The second-order valence-corrected chi connectivity index (χ2v) is 6.57. The van der Waals surface area contributed by atoms with E-state index in [0.717, 1.165) is 29.7 Å². The van der Waals surface area contributed by atoms with Crippen LogP contribution in [0.3, 0.4) is 0 Å². The number of nitrogens with two attached hydrogens (primary N) is 1. The molecular formula is C17H20Cl2NO+. The Morgan fingerprint density at radius 3 is 2.62 bits per heavy atom. The minimum Gasteiger partial charge on any atom is -0.455 e. The van der Waals surface area contributed by atoms with Gasteiger partial charge in [-0.25, -0.2) is 0 Å². The van der Waals surface area contributed by atoms with Gasteiger partial charge in [0.25, 0.3) is 0 Å². The van der Waals surface area contributed by atoms with Gasteiger partial charge in [0.2, 0.25) is 0 Å². The molecule has 1 fully saturated rings. The van der Waals surface area contributed by atoms with Crippen LogP contribution in [0.4, 0.5) is 0 Å². The van der Waals surface area contributed by atoms with Crippen molar-refractivity contribution >= 4 is 23.2 Å². The van der Waals surface area contributed by atoms with Gasteiger partial charge >= 0.3 is 0 Å². The molecule has 3 rings (SSSR count). The number of hydrogen-bond acceptors (Lipinski definition) is 1. The number of furan rings is 1. The molecule has 1 aromatic carbocycles. The molecule has 2 nitrogen and oxygen atoms in total. The lowest BCUT2D eigenvalue weighted by atomic mass is 9.95. The van der Waals surface area contributed by atoms with Crippen molar-refractivity contribution < 1.29 is 9.73 Å². The molecule has 0 spiro atoms. The van der Waals surface area contributed by atoms with Crippen molar-refractivity contribution in [2.24, 2.45) is 0 Å². The average molecular weight is 325 g/mol. The van der Waals surface area contributed by atoms with E-state index in [4.69, 9.17) is 27.6 Å². The minimum absolute atomic E-state index is 0.625. The predicted molar refractivity (Wildman–Crippen MR) is 86.7 cm³/mol. The van der Waals surface area contributed by atoms with Crippen molar-refractivity contribution in [1.29, 1.82) is 0 Å². The molecule has 2 N–H and O–H groups in total. The first-order valence-electron chi connectivity index (χ1n) is 7.60. The molecule has 1 saturated carbocycles. The van der Waals surface area contributed by atoms with E-state index in [0.29, 0.717) is 10.0 Å². The third-order valence-electron chi connectivity index (χ3n) is 4.16. The fourth-order valence-corrected chi connectivity index (χ4v) is 3.48. The Bertz CT molecular complexity index is 603. The van der Waals surface area contributed by atoms with Crippen LogP contribution in [0, 0.1) is 0 Å². The van der Waals surface area contributed by atoms with Crippen molar-refractivity contribution in [3.63, 3.8) is 0 Å². The number of rotatable bonds is 4. The standard InChI is InChI=1S/C17H19Cl2NO/c18-12-6-8-15(16(19)10-12)17-9-7-14(21-17)11-20-13-4-2-1-3-5-13/h6-10,13,20H,1-5,11H2/p+1. The van der Waals surface area contributed by atoms with Gasteiger partial charge in [0, 0.05) is 10.6 Å². The largest absolute Gasteiger partial charge is 0.455 e. The zero-order chi connectivity index (χ0) is 14.7. The summed E-state index contributed by atoms with van der Waals surface area (Å²) >= 11 is 12.1. The van der Waals surface area contributed by atoms with Crippen LogP contribution in [0.5, 0.6) is 0 Å². The van der Waals surface area contributed by atoms with Gasteiger partial charge < -0.3 is 9.73 Å². The van der Waals surface area contributed by atoms with E-state index in [2.05, 4.69) is 5.32 Å². The molecule has 2 aromatic rings. The molecule has 1 heterocycles. The van der Waals surface area contributed by atoms with E-state index in [1.54, 1.807) is 6.07 Å². The second-order valence-electron chi connectivity index (χ2n) is 5.73. The normalized spacial score (nSPS) is 16.3. The molecule has 0 atom stereocenters. The number of benzene rings is 1. The Kier molecular flexibility index (Phi) is 4.89. The summed E-state index contributed by atoms with van der Waals surface area (Å²) in [6, 6.07) is 10.3. The second kappa shape index (κ2) is 6.87. The summed E-state index contributed by atoms with van der Waals surface area (Å²) in [6.45, 7) is 0.899. The summed E-state index contributed by atoms with van der Waals surface area (Å²) < 4.78 is 5.92. The summed E-state index contributed by atoms with van der Waals surface area (Å²) in [4.78, 5) is 0. The summed E-state index contributed by atoms with van der Waals surface area (Å²) in [6.07, 6.45) is 6.79. The Labute approximate surface area is 135 Å². The van der Waals surface area contributed by atoms with E-state index in [1.807, 2.05) is 24.3 Å². The lowest BCUT2D eigenvalue weighted by Gasteiger charge is -2.19. The third-order valence-corrected chi connectivity index (χ3v) is 4.71. The van der Waals surface area contributed by atoms with Crippen molar-refractivity contribution in [3.05, 3.63) is 46.1 Å². The van der Waals surface area contributed by atoms with Gasteiger partial charge in [-0.1, -0.05) is 29.6 Å². The molecule has 0 amide bonds. The van der Waals surface area contributed by atoms with E-state index in [1.165, 1.54) is 32.1 Å². The highest BCUT2D eigenvalue weighted by molar-refractivity contribution is 6.36. The maximum absolute atomic E-state index is 6.22. The Hall–Kier alpha value is -0.960. The van der Waals surface area contributed by atoms with Crippen LogP contribution in [0.25, 0.3) is 11.3 Å². The van der Waals surface area contributed by atoms with Crippen LogP contribution in [0.15, 0.2) is 34.7 Å². The topological polar surface area (TPSA) is 29.8 Å². The molecule has 0 bridgehead atoms. The number of halogens is 2. The van der Waals surface area contributed by atoms with Gasteiger partial charge in [-0.05, 0) is 56.0 Å². The summed E-state index contributed by atoms with van der Waals surface area (Å²) in [5.74, 6) is 1.81. The zero-order valence-corrected chi connectivity index (χ0v) is 13.5. The molecule has 0 unspecified atom stereocenters. The fourth-order valence-electron chi connectivity index (χ4n) is 2.97. The molecule has 0 saturated heterocycles. The molecule has 1 aromatic heterocycles. The van der Waals surface area contributed by atoms with Crippen LogP contribution in [0.1, 0.15) is 37.9 Å². The predicted octanol–water partition coefficient (Wildman–Crippen LogP) is 4.65. The van der Waals surface area contributed by atoms with Crippen molar-refractivity contribution in [2.75, 3.05) is 0 Å². The van der Waals surface area contributed by atoms with Gasteiger partial charge in [-0.2, -0.15) is 0 Å². The van der Waals surface area contributed by atoms with E-state index in [-0.39, 0.29) is 0 Å². The Balaban J connectivity index is 1.65. The van der Waals surface area contributed by atoms with Gasteiger partial charge in [-0.15, -0.1) is 0 Å². The summed E-state index contributed by atoms with van der Waals surface area (Å²) in [5.41, 5.74) is 0.894. The van der Waals surface area contributed by atoms with Gasteiger partial charge in [0.05, 0.1) is 11.1 Å². The van der Waals surface area contributed by atoms with Gasteiger partial charge in [0.1, 0.15) is 12.3 Å². The highest BCUT2D eigenvalue weighted by Gasteiger charge is 2.17. The molecule has 4 heteroatoms. The van der Waals surface area contributed by atoms with Crippen LogP contribution in [-0.2, 0) is 6.54 Å². The van der Waals surface area contributed by atoms with Gasteiger partial charge in [-0.3, -0.25) is 0 Å². The van der Waals surface area contributed by atoms with Crippen LogP contribution < -0.4 is 5.32 Å². The van der Waals surface area contributed by atoms with Crippen molar-refractivity contribution in [1.82, 2.24) is 0 Å². The van der Waals surface area contributed by atoms with Gasteiger partial charge in [0.15, 0.2) is 5.76 Å². The highest BCUT2D eigenvalue weighted by atomic mass is 35.5. The maximum atomic E-state index is 6.22. The minimum atomic E-state index is 0.625. The molecule has 0 radical (unpaired) electrons. The molecular weight excluding hydrogens is 305 g/mol. The average Bonchev–Trinajstić information content (AvgIpc) is 2.95. The Morgan fingerprint density at radius 2 is 1.86 bits per heavy atom. The van der Waals surface area contributed by atoms with E-state index >= 15 is 0 Å². The maximum Gasteiger partial charge on any atom is 0.158 e. The third kappa shape index (κ3) is 3.82. The Morgan fingerprint density at radius 1 is 1.05 bits per heavy atom. The van der Waals surface area contributed by atoms with Crippen LogP contribution >= 0.6 is 23.2 Å². The smallest absolute Gasteiger partial charge is 0.158 e. The van der Waals surface area contributed by atoms with Crippen molar-refractivity contribution in [3.8, 4) is 11.3 Å². The molecule has 1 aliphatic carbocycles. The zero-order valence-electron chi connectivity index (χ0n) is 11.9. The molecule has 21 heavy (non-hydrogen) atoms. The van der Waals surface area contributed by atoms with Crippen LogP contribution in [-0.4, -0.2) is 6.04 Å². The van der Waals surface area contributed by atoms with Crippen molar-refractivity contribution in [2.45, 2.75) is 44.7 Å². The summed E-state index contributed by atoms with van der Waals surface area (Å²) in [7, 11) is 0. The lowest BCUT2D eigenvalue weighted by molar-refractivity contribution is -0.708. The first kappa shape index (κ1) is 15.0. The highest BCUT2D eigenvalue weighted by Crippen LogP contribution is 2.31. The summed E-state index contributed by atoms with van der Waals surface area (Å²) in [5, 5.41) is 3.67. The SMILES string of the molecule is Clc1ccc(-c2ccc(C[NH2+]C3CCCCC3)o2)c(Cl)c1. The molecule has 0 aliphatic heterocycles. The first-order valence-corrected chi connectivity index (χ1v) is 8.35. The monoisotopic (exact) mass is 324 g/mol. The first-order chi connectivity index (χ1) is 10.2. The van der Waals surface area contributed by atoms with E-state index < -0.39 is 0 Å².